The summed E-state index contributed by atoms with van der Waals surface area (Å²) in [6.07, 6.45) is 1.57. The van der Waals surface area contributed by atoms with Crippen molar-refractivity contribution in [2.75, 3.05) is 11.9 Å². The quantitative estimate of drug-likeness (QED) is 0.254. The Labute approximate surface area is 174 Å². The number of nitro groups is 1. The van der Waals surface area contributed by atoms with Crippen molar-refractivity contribution in [3.8, 4) is 0 Å². The van der Waals surface area contributed by atoms with Crippen LogP contribution in [0.4, 0.5) is 11.4 Å². The number of rotatable bonds is 7. The molecule has 0 unspecified atom stereocenters. The van der Waals surface area contributed by atoms with Crippen LogP contribution in [0.25, 0.3) is 0 Å². The first-order valence-electron chi connectivity index (χ1n) is 8.55. The number of aromatic nitrogens is 1. The molecular weight excluding hydrogens is 414 g/mol. The molecule has 0 aliphatic rings. The fourth-order valence-corrected chi connectivity index (χ4v) is 2.81. The number of benzene rings is 2. The molecule has 0 aliphatic heterocycles. The van der Waals surface area contributed by atoms with Gasteiger partial charge in [0.1, 0.15) is 0 Å². The van der Waals surface area contributed by atoms with Gasteiger partial charge in [0.25, 0.3) is 11.6 Å². The maximum absolute atomic E-state index is 12.5. The Bertz CT molecular complexity index is 1130. The van der Waals surface area contributed by atoms with Crippen molar-refractivity contribution >= 4 is 40.6 Å². The van der Waals surface area contributed by atoms with Gasteiger partial charge in [0.2, 0.25) is 5.78 Å². The number of hydrogen-bond donors (Lipinski definition) is 2. The average molecular weight is 428 g/mol. The number of para-hydroxylation sites is 1. The van der Waals surface area contributed by atoms with E-state index in [2.05, 4.69) is 10.3 Å². The van der Waals surface area contributed by atoms with Gasteiger partial charge in [0, 0.05) is 18.3 Å². The summed E-state index contributed by atoms with van der Waals surface area (Å²) in [6, 6.07) is 12.7. The van der Waals surface area contributed by atoms with Crippen molar-refractivity contribution in [1.29, 1.82) is 0 Å². The Morgan fingerprint density at radius 3 is 2.50 bits per heavy atom. The Kier molecular flexibility index (Phi) is 6.23. The number of amides is 1. The highest BCUT2D eigenvalue weighted by Gasteiger charge is 2.19. The zero-order valence-electron chi connectivity index (χ0n) is 15.3. The highest BCUT2D eigenvalue weighted by molar-refractivity contribution is 6.34. The van der Waals surface area contributed by atoms with Crippen LogP contribution in [-0.4, -0.2) is 34.2 Å². The number of Topliss-reactive ketones (excluding diaryl/α,β-unsaturated/α-hetero) is 1. The Hall–Kier alpha value is -3.98. The molecule has 0 saturated heterocycles. The molecule has 2 aromatic carbocycles. The highest BCUT2D eigenvalue weighted by Crippen LogP contribution is 2.24. The van der Waals surface area contributed by atoms with Gasteiger partial charge in [-0.2, -0.15) is 0 Å². The molecule has 1 amide bonds. The van der Waals surface area contributed by atoms with E-state index in [9.17, 15) is 24.5 Å². The number of non-ortho nitro benzene ring substituents is 1. The van der Waals surface area contributed by atoms with Crippen LogP contribution < -0.4 is 5.32 Å². The molecule has 9 nitrogen and oxygen atoms in total. The van der Waals surface area contributed by atoms with Crippen LogP contribution in [0.5, 0.6) is 0 Å². The Morgan fingerprint density at radius 1 is 1.07 bits per heavy atom. The van der Waals surface area contributed by atoms with Gasteiger partial charge in [0.05, 0.1) is 32.5 Å². The number of halogens is 1. The second-order valence-electron chi connectivity index (χ2n) is 6.00. The third-order valence-corrected chi connectivity index (χ3v) is 4.35. The van der Waals surface area contributed by atoms with Crippen molar-refractivity contribution < 1.29 is 24.0 Å². The number of hydrogen-bond acceptors (Lipinski definition) is 6. The number of esters is 1. The molecule has 30 heavy (non-hydrogen) atoms. The second-order valence-corrected chi connectivity index (χ2v) is 6.41. The largest absolute Gasteiger partial charge is 0.454 e. The number of nitrogens with zero attached hydrogens (tertiary/aromatic N) is 1. The maximum atomic E-state index is 12.5. The molecule has 0 bridgehead atoms. The van der Waals surface area contributed by atoms with E-state index >= 15 is 0 Å². The summed E-state index contributed by atoms with van der Waals surface area (Å²) >= 11 is 5.97. The molecule has 3 aromatic rings. The molecule has 0 fully saturated rings. The Morgan fingerprint density at radius 2 is 1.83 bits per heavy atom. The number of ether oxygens (including phenoxy) is 1. The fraction of sp³-hybridized carbons (Fsp3) is 0.0500. The van der Waals surface area contributed by atoms with Crippen molar-refractivity contribution in [2.24, 2.45) is 0 Å². The third kappa shape index (κ3) is 4.70. The van der Waals surface area contributed by atoms with Gasteiger partial charge in [-0.05, 0) is 30.3 Å². The van der Waals surface area contributed by atoms with E-state index in [1.54, 1.807) is 30.5 Å². The number of carbonyl (C=O) groups excluding carboxylic acids is 3. The van der Waals surface area contributed by atoms with Crippen molar-refractivity contribution in [3.63, 3.8) is 0 Å². The van der Waals surface area contributed by atoms with E-state index in [0.29, 0.717) is 5.69 Å². The smallest absolute Gasteiger partial charge is 0.340 e. The minimum Gasteiger partial charge on any atom is -0.454 e. The summed E-state index contributed by atoms with van der Waals surface area (Å²) in [5.74, 6) is -1.88. The van der Waals surface area contributed by atoms with Crippen LogP contribution in [0.15, 0.2) is 60.8 Å². The van der Waals surface area contributed by atoms with E-state index < -0.39 is 29.2 Å². The maximum Gasteiger partial charge on any atom is 0.340 e. The summed E-state index contributed by atoms with van der Waals surface area (Å²) in [5, 5.41) is 13.2. The predicted molar refractivity (Wildman–Crippen MR) is 108 cm³/mol. The fourth-order valence-electron chi connectivity index (χ4n) is 2.55. The molecule has 10 heteroatoms. The van der Waals surface area contributed by atoms with Crippen LogP contribution in [0.2, 0.25) is 5.02 Å². The predicted octanol–water partition coefficient (Wildman–Crippen LogP) is 3.87. The van der Waals surface area contributed by atoms with Gasteiger partial charge >= 0.3 is 5.97 Å². The lowest BCUT2D eigenvalue weighted by atomic mass is 10.1. The number of carbonyl (C=O) groups is 3. The van der Waals surface area contributed by atoms with Crippen molar-refractivity contribution in [3.05, 3.63) is 92.8 Å². The summed E-state index contributed by atoms with van der Waals surface area (Å²) in [7, 11) is 0. The van der Waals surface area contributed by atoms with Crippen LogP contribution in [0.1, 0.15) is 31.2 Å². The summed E-state index contributed by atoms with van der Waals surface area (Å²) in [5.41, 5.74) is 0.203. The molecule has 0 radical (unpaired) electrons. The molecule has 0 atom stereocenters. The lowest BCUT2D eigenvalue weighted by Gasteiger charge is -2.11. The summed E-state index contributed by atoms with van der Waals surface area (Å²) in [4.78, 5) is 49.8. The minimum absolute atomic E-state index is 0.00707. The van der Waals surface area contributed by atoms with Gasteiger partial charge < -0.3 is 15.0 Å². The van der Waals surface area contributed by atoms with Gasteiger partial charge in [0.15, 0.2) is 6.61 Å². The minimum atomic E-state index is -0.805. The molecule has 152 valence electrons. The van der Waals surface area contributed by atoms with Crippen LogP contribution >= 0.6 is 11.6 Å². The SMILES string of the molecule is O=C(COC(=O)c1ccccc1NC(=O)c1ccc([N+](=O)[O-])cc1Cl)c1ccc[nH]1. The zero-order valence-corrected chi connectivity index (χ0v) is 16.0. The standard InChI is InChI=1S/C20H14ClN3O6/c21-15-10-12(24(28)29)7-8-13(15)19(26)23-16-5-2-1-4-14(16)20(27)30-11-18(25)17-6-3-9-22-17/h1-10,22H,11H2,(H,23,26). The number of ketones is 1. The van der Waals surface area contributed by atoms with Gasteiger partial charge in [-0.25, -0.2) is 4.79 Å². The van der Waals surface area contributed by atoms with Crippen LogP contribution in [0, 0.1) is 10.1 Å². The summed E-state index contributed by atoms with van der Waals surface area (Å²) in [6.45, 7) is -0.476. The lowest BCUT2D eigenvalue weighted by molar-refractivity contribution is -0.384. The normalized spacial score (nSPS) is 10.3. The molecule has 0 saturated carbocycles. The number of anilines is 1. The zero-order chi connectivity index (χ0) is 21.7. The molecule has 1 aromatic heterocycles. The Balaban J connectivity index is 1.73. The topological polar surface area (TPSA) is 131 Å². The van der Waals surface area contributed by atoms with Crippen LogP contribution in [0.3, 0.4) is 0 Å². The van der Waals surface area contributed by atoms with Crippen molar-refractivity contribution in [2.45, 2.75) is 0 Å². The number of nitrogens with one attached hydrogen (secondary N) is 2. The van der Waals surface area contributed by atoms with E-state index in [1.165, 1.54) is 18.2 Å². The number of nitro benzene ring substituents is 1. The monoisotopic (exact) mass is 427 g/mol. The molecular formula is C20H14ClN3O6. The molecule has 3 rings (SSSR count). The first-order chi connectivity index (χ1) is 14.4. The lowest BCUT2D eigenvalue weighted by Crippen LogP contribution is -2.18. The van der Waals surface area contributed by atoms with Gasteiger partial charge in [-0.1, -0.05) is 23.7 Å². The molecule has 2 N–H and O–H groups in total. The molecule has 0 spiro atoms. The van der Waals surface area contributed by atoms with E-state index in [4.69, 9.17) is 16.3 Å². The number of aromatic amines is 1. The van der Waals surface area contributed by atoms with Crippen LogP contribution in [-0.2, 0) is 4.74 Å². The van der Waals surface area contributed by atoms with E-state index in [0.717, 1.165) is 12.1 Å². The van der Waals surface area contributed by atoms with Crippen molar-refractivity contribution in [1.82, 2.24) is 4.98 Å². The van der Waals surface area contributed by atoms with Gasteiger partial charge in [-0.15, -0.1) is 0 Å². The third-order valence-electron chi connectivity index (χ3n) is 4.04. The van der Waals surface area contributed by atoms with E-state index in [1.807, 2.05) is 0 Å². The summed E-state index contributed by atoms with van der Waals surface area (Å²) < 4.78 is 5.05. The average Bonchev–Trinajstić information content (AvgIpc) is 3.27. The number of H-pyrrole nitrogens is 1. The first kappa shape index (κ1) is 20.7. The van der Waals surface area contributed by atoms with Gasteiger partial charge in [-0.3, -0.25) is 19.7 Å². The molecule has 0 aliphatic carbocycles. The van der Waals surface area contributed by atoms with E-state index in [-0.39, 0.29) is 27.5 Å². The first-order valence-corrected chi connectivity index (χ1v) is 8.92. The molecule has 1 heterocycles. The highest BCUT2D eigenvalue weighted by atomic mass is 35.5. The second kappa shape index (κ2) is 9.01.